The molecule has 0 aliphatic rings. The van der Waals surface area contributed by atoms with E-state index in [0.29, 0.717) is 10.7 Å². The number of carbonyl (C=O) groups is 1. The minimum atomic E-state index is -0.131. The lowest BCUT2D eigenvalue weighted by molar-refractivity contribution is -0.115. The van der Waals surface area contributed by atoms with Crippen LogP contribution in [0.1, 0.15) is 0 Å². The molecule has 0 radical (unpaired) electrons. The van der Waals surface area contributed by atoms with E-state index >= 15 is 0 Å². The smallest absolute Gasteiger partial charge is 0.238 e. The third kappa shape index (κ3) is 2.88. The molecule has 1 amide bonds. The van der Waals surface area contributed by atoms with Crippen LogP contribution in [0.15, 0.2) is 36.7 Å². The van der Waals surface area contributed by atoms with Gasteiger partial charge in [-0.1, -0.05) is 11.6 Å². The number of hydrogen-bond donors (Lipinski definition) is 2. The van der Waals surface area contributed by atoms with Crippen molar-refractivity contribution in [3.05, 3.63) is 41.7 Å². The summed E-state index contributed by atoms with van der Waals surface area (Å²) in [6, 6.07) is 7.08. The first-order chi connectivity index (χ1) is 8.70. The fourth-order valence-electron chi connectivity index (χ4n) is 1.57. The molecule has 2 rings (SSSR count). The van der Waals surface area contributed by atoms with Crippen LogP contribution >= 0.6 is 11.6 Å². The fourth-order valence-corrected chi connectivity index (χ4v) is 1.75. The second-order valence-electron chi connectivity index (χ2n) is 3.69. The Bertz CT molecular complexity index is 539. The molecule has 1 aromatic carbocycles. The molecule has 0 unspecified atom stereocenters. The second-order valence-corrected chi connectivity index (χ2v) is 4.13. The molecule has 1 heterocycles. The molecular formula is C12H13ClN4O. The lowest BCUT2D eigenvalue weighted by Gasteiger charge is -2.11. The van der Waals surface area contributed by atoms with Gasteiger partial charge in [0.25, 0.3) is 0 Å². The van der Waals surface area contributed by atoms with Crippen LogP contribution in [0.3, 0.4) is 0 Å². The van der Waals surface area contributed by atoms with Crippen molar-refractivity contribution in [3.8, 4) is 5.69 Å². The van der Waals surface area contributed by atoms with E-state index in [1.54, 1.807) is 36.3 Å². The highest BCUT2D eigenvalue weighted by Gasteiger charge is 2.08. The number of likely N-dealkylation sites (N-methyl/N-ethyl adjacent to an activating group) is 1. The Labute approximate surface area is 110 Å². The highest BCUT2D eigenvalue weighted by Crippen LogP contribution is 2.23. The molecule has 0 bridgehead atoms. The van der Waals surface area contributed by atoms with E-state index in [0.717, 1.165) is 5.69 Å². The molecule has 0 aliphatic heterocycles. The van der Waals surface area contributed by atoms with E-state index in [2.05, 4.69) is 15.7 Å². The summed E-state index contributed by atoms with van der Waals surface area (Å²) in [6.07, 6.45) is 3.48. The first kappa shape index (κ1) is 12.6. The van der Waals surface area contributed by atoms with E-state index in [4.69, 9.17) is 11.6 Å². The van der Waals surface area contributed by atoms with Crippen molar-refractivity contribution >= 4 is 23.2 Å². The zero-order valence-electron chi connectivity index (χ0n) is 9.85. The summed E-state index contributed by atoms with van der Waals surface area (Å²) >= 11 is 5.94. The zero-order valence-corrected chi connectivity index (χ0v) is 10.6. The predicted molar refractivity (Wildman–Crippen MR) is 71.1 cm³/mol. The van der Waals surface area contributed by atoms with Crippen molar-refractivity contribution in [2.24, 2.45) is 0 Å². The van der Waals surface area contributed by atoms with Gasteiger partial charge in [-0.25, -0.2) is 4.68 Å². The Morgan fingerprint density at radius 3 is 3.00 bits per heavy atom. The quantitative estimate of drug-likeness (QED) is 0.883. The zero-order chi connectivity index (χ0) is 13.0. The average Bonchev–Trinajstić information content (AvgIpc) is 2.83. The Balaban J connectivity index is 2.32. The van der Waals surface area contributed by atoms with Gasteiger partial charge in [0, 0.05) is 17.4 Å². The standard InChI is InChI=1S/C12H13ClN4O/c1-14-8-12(18)16-10-7-9(13)3-4-11(10)17-6-2-5-15-17/h2-7,14H,8H2,1H3,(H,16,18). The first-order valence-corrected chi connectivity index (χ1v) is 5.82. The first-order valence-electron chi connectivity index (χ1n) is 5.44. The average molecular weight is 265 g/mol. The SMILES string of the molecule is CNCC(=O)Nc1cc(Cl)ccc1-n1cccn1. The summed E-state index contributed by atoms with van der Waals surface area (Å²) in [4.78, 5) is 11.6. The Kier molecular flexibility index (Phi) is 3.96. The maximum absolute atomic E-state index is 11.6. The number of nitrogens with one attached hydrogen (secondary N) is 2. The molecule has 0 spiro atoms. The van der Waals surface area contributed by atoms with Gasteiger partial charge < -0.3 is 10.6 Å². The fraction of sp³-hybridized carbons (Fsp3) is 0.167. The van der Waals surface area contributed by atoms with Crippen LogP contribution in [-0.2, 0) is 4.79 Å². The topological polar surface area (TPSA) is 59.0 Å². The number of halogens is 1. The highest BCUT2D eigenvalue weighted by atomic mass is 35.5. The van der Waals surface area contributed by atoms with Crippen LogP contribution in [0.2, 0.25) is 5.02 Å². The van der Waals surface area contributed by atoms with E-state index < -0.39 is 0 Å². The number of anilines is 1. The van der Waals surface area contributed by atoms with E-state index in [9.17, 15) is 4.79 Å². The van der Waals surface area contributed by atoms with Crippen LogP contribution in [0, 0.1) is 0 Å². The monoisotopic (exact) mass is 264 g/mol. The van der Waals surface area contributed by atoms with Crippen molar-refractivity contribution in [1.29, 1.82) is 0 Å². The number of aromatic nitrogens is 2. The van der Waals surface area contributed by atoms with Crippen molar-refractivity contribution in [3.63, 3.8) is 0 Å². The van der Waals surface area contributed by atoms with Gasteiger partial charge in [-0.2, -0.15) is 5.10 Å². The van der Waals surface area contributed by atoms with Gasteiger partial charge in [0.1, 0.15) is 0 Å². The van der Waals surface area contributed by atoms with Crippen LogP contribution in [0.4, 0.5) is 5.69 Å². The van der Waals surface area contributed by atoms with Crippen molar-refractivity contribution in [2.45, 2.75) is 0 Å². The van der Waals surface area contributed by atoms with Crippen molar-refractivity contribution < 1.29 is 4.79 Å². The molecule has 0 aliphatic carbocycles. The lowest BCUT2D eigenvalue weighted by Crippen LogP contribution is -2.25. The molecular weight excluding hydrogens is 252 g/mol. The third-order valence-electron chi connectivity index (χ3n) is 2.32. The summed E-state index contributed by atoms with van der Waals surface area (Å²) in [5.41, 5.74) is 1.40. The third-order valence-corrected chi connectivity index (χ3v) is 2.56. The Hall–Kier alpha value is -1.85. The van der Waals surface area contributed by atoms with Gasteiger partial charge in [0.2, 0.25) is 5.91 Å². The summed E-state index contributed by atoms with van der Waals surface area (Å²) in [7, 11) is 1.71. The number of hydrogen-bond acceptors (Lipinski definition) is 3. The van der Waals surface area contributed by atoms with Gasteiger partial charge in [-0.3, -0.25) is 4.79 Å². The van der Waals surface area contributed by atoms with Crippen molar-refractivity contribution in [2.75, 3.05) is 18.9 Å². The van der Waals surface area contributed by atoms with Crippen LogP contribution < -0.4 is 10.6 Å². The van der Waals surface area contributed by atoms with Crippen molar-refractivity contribution in [1.82, 2.24) is 15.1 Å². The number of nitrogens with zero attached hydrogens (tertiary/aromatic N) is 2. The summed E-state index contributed by atoms with van der Waals surface area (Å²) < 4.78 is 1.67. The maximum Gasteiger partial charge on any atom is 0.238 e. The molecule has 5 nitrogen and oxygen atoms in total. The van der Waals surface area contributed by atoms with Gasteiger partial charge in [0.15, 0.2) is 0 Å². The largest absolute Gasteiger partial charge is 0.323 e. The lowest BCUT2D eigenvalue weighted by atomic mass is 10.2. The molecule has 2 aromatic rings. The highest BCUT2D eigenvalue weighted by molar-refractivity contribution is 6.31. The summed E-state index contributed by atoms with van der Waals surface area (Å²) in [5.74, 6) is -0.131. The number of benzene rings is 1. The Morgan fingerprint density at radius 1 is 1.50 bits per heavy atom. The number of amides is 1. The minimum absolute atomic E-state index is 0.131. The van der Waals surface area contributed by atoms with E-state index in [1.165, 1.54) is 0 Å². The maximum atomic E-state index is 11.6. The molecule has 94 valence electrons. The molecule has 1 aromatic heterocycles. The molecule has 0 saturated heterocycles. The molecule has 0 atom stereocenters. The minimum Gasteiger partial charge on any atom is -0.323 e. The Morgan fingerprint density at radius 2 is 2.33 bits per heavy atom. The van der Waals surface area contributed by atoms with Gasteiger partial charge in [0.05, 0.1) is 17.9 Å². The van der Waals surface area contributed by atoms with E-state index in [1.807, 2.05) is 12.1 Å². The molecule has 0 fully saturated rings. The van der Waals surface area contributed by atoms with Crippen LogP contribution in [0.5, 0.6) is 0 Å². The van der Waals surface area contributed by atoms with Crippen LogP contribution in [-0.4, -0.2) is 29.3 Å². The second kappa shape index (κ2) is 5.66. The van der Waals surface area contributed by atoms with Gasteiger partial charge in [-0.05, 0) is 31.3 Å². The number of carbonyl (C=O) groups excluding carboxylic acids is 1. The molecule has 6 heteroatoms. The van der Waals surface area contributed by atoms with Gasteiger partial charge in [-0.15, -0.1) is 0 Å². The normalized spacial score (nSPS) is 10.3. The molecule has 18 heavy (non-hydrogen) atoms. The van der Waals surface area contributed by atoms with Crippen LogP contribution in [0.25, 0.3) is 5.69 Å². The summed E-state index contributed by atoms with van der Waals surface area (Å²) in [5, 5.41) is 10.3. The summed E-state index contributed by atoms with van der Waals surface area (Å²) in [6.45, 7) is 0.241. The predicted octanol–water partition coefficient (Wildman–Crippen LogP) is 1.68. The molecule has 2 N–H and O–H groups in total. The van der Waals surface area contributed by atoms with Gasteiger partial charge >= 0.3 is 0 Å². The van der Waals surface area contributed by atoms with E-state index in [-0.39, 0.29) is 12.5 Å². The molecule has 0 saturated carbocycles. The number of rotatable bonds is 4.